The lowest BCUT2D eigenvalue weighted by atomic mass is 9.68. The number of hydrogen-bond donors (Lipinski definition) is 0. The molecule has 1 aliphatic carbocycles. The zero-order valence-corrected chi connectivity index (χ0v) is 29.7. The summed E-state index contributed by atoms with van der Waals surface area (Å²) in [6.07, 6.45) is 0. The number of hydrogen-bond acceptors (Lipinski definition) is 1. The van der Waals surface area contributed by atoms with Crippen LogP contribution in [0.2, 0.25) is 0 Å². The van der Waals surface area contributed by atoms with Crippen LogP contribution in [0.15, 0.2) is 212 Å². The van der Waals surface area contributed by atoms with Crippen LogP contribution in [0.4, 0.5) is 17.1 Å². The van der Waals surface area contributed by atoms with Gasteiger partial charge in [0.2, 0.25) is 0 Å². The molecule has 0 fully saturated rings. The van der Waals surface area contributed by atoms with Gasteiger partial charge in [-0.2, -0.15) is 0 Å². The minimum atomic E-state index is -0.439. The molecule has 11 rings (SSSR count). The van der Waals surface area contributed by atoms with Crippen LogP contribution in [-0.4, -0.2) is 0 Å². The summed E-state index contributed by atoms with van der Waals surface area (Å²) in [6.45, 7) is 0. The molecular weight excluding hydrogens is 651 g/mol. The van der Waals surface area contributed by atoms with E-state index in [-0.39, 0.29) is 0 Å². The minimum absolute atomic E-state index is 0.439. The van der Waals surface area contributed by atoms with Crippen molar-refractivity contribution in [1.29, 1.82) is 0 Å². The summed E-state index contributed by atoms with van der Waals surface area (Å²) in [5, 5.41) is 10.0. The Labute approximate surface area is 315 Å². The van der Waals surface area contributed by atoms with E-state index in [1.54, 1.807) is 0 Å². The molecule has 0 saturated carbocycles. The molecule has 0 N–H and O–H groups in total. The van der Waals surface area contributed by atoms with Crippen LogP contribution < -0.4 is 4.90 Å². The van der Waals surface area contributed by atoms with Gasteiger partial charge in [0.15, 0.2) is 0 Å². The standard InChI is InChI=1S/C53H35N/c1-2-14-40(15-3-1)53(51-20-10-8-18-49(51)50-19-9-11-21-52(50)53)41-26-28-42(29-27-41)54(43-30-32-47-38(34-43)24-22-36-12-4-6-16-45(36)47)44-31-33-48-39(35-44)25-23-37-13-5-7-17-46(37)48/h1-35H. The average molecular weight is 686 g/mol. The van der Waals surface area contributed by atoms with Crippen molar-refractivity contribution in [1.82, 2.24) is 0 Å². The average Bonchev–Trinajstić information content (AvgIpc) is 3.55. The van der Waals surface area contributed by atoms with E-state index in [0.29, 0.717) is 0 Å². The summed E-state index contributed by atoms with van der Waals surface area (Å²) < 4.78 is 0. The first-order valence-electron chi connectivity index (χ1n) is 18.8. The normalized spacial score (nSPS) is 13.0. The topological polar surface area (TPSA) is 3.24 Å². The summed E-state index contributed by atoms with van der Waals surface area (Å²) in [7, 11) is 0. The Morgan fingerprint density at radius 3 is 1.24 bits per heavy atom. The van der Waals surface area contributed by atoms with E-state index in [1.165, 1.54) is 76.5 Å². The molecule has 0 atom stereocenters. The molecule has 1 nitrogen and oxygen atoms in total. The van der Waals surface area contributed by atoms with E-state index in [9.17, 15) is 0 Å². The summed E-state index contributed by atoms with van der Waals surface area (Å²) in [5.74, 6) is 0. The zero-order valence-electron chi connectivity index (χ0n) is 29.7. The van der Waals surface area contributed by atoms with Gasteiger partial charge in [0.1, 0.15) is 0 Å². The molecule has 1 aliphatic rings. The number of anilines is 3. The van der Waals surface area contributed by atoms with Crippen molar-refractivity contribution in [2.24, 2.45) is 0 Å². The van der Waals surface area contributed by atoms with Gasteiger partial charge in [0.05, 0.1) is 5.41 Å². The highest BCUT2D eigenvalue weighted by molar-refractivity contribution is 6.10. The lowest BCUT2D eigenvalue weighted by molar-refractivity contribution is 0.768. The Balaban J connectivity index is 1.12. The second-order valence-electron chi connectivity index (χ2n) is 14.5. The maximum Gasteiger partial charge on any atom is 0.0713 e. The van der Waals surface area contributed by atoms with Gasteiger partial charge in [0, 0.05) is 17.1 Å². The Morgan fingerprint density at radius 2 is 0.685 bits per heavy atom. The first-order chi connectivity index (χ1) is 26.8. The van der Waals surface area contributed by atoms with Crippen LogP contribution in [0, 0.1) is 0 Å². The highest BCUT2D eigenvalue weighted by Crippen LogP contribution is 2.56. The van der Waals surface area contributed by atoms with Gasteiger partial charge in [-0.25, -0.2) is 0 Å². The van der Waals surface area contributed by atoms with Gasteiger partial charge in [-0.05, 0) is 113 Å². The van der Waals surface area contributed by atoms with Gasteiger partial charge in [-0.3, -0.25) is 0 Å². The van der Waals surface area contributed by atoms with Crippen LogP contribution >= 0.6 is 0 Å². The molecule has 0 aromatic heterocycles. The number of fused-ring (bicyclic) bond motifs is 9. The lowest BCUT2D eigenvalue weighted by Gasteiger charge is -2.34. The third-order valence-corrected chi connectivity index (χ3v) is 11.7. The molecule has 10 aromatic carbocycles. The van der Waals surface area contributed by atoms with Crippen molar-refractivity contribution >= 4 is 60.2 Å². The summed E-state index contributed by atoms with van der Waals surface area (Å²) in [4.78, 5) is 2.42. The molecule has 0 unspecified atom stereocenters. The van der Waals surface area contributed by atoms with Crippen molar-refractivity contribution in [2.75, 3.05) is 4.90 Å². The van der Waals surface area contributed by atoms with Crippen molar-refractivity contribution in [3.05, 3.63) is 235 Å². The van der Waals surface area contributed by atoms with Crippen molar-refractivity contribution < 1.29 is 0 Å². The largest absolute Gasteiger partial charge is 0.310 e. The predicted octanol–water partition coefficient (Wildman–Crippen LogP) is 14.1. The van der Waals surface area contributed by atoms with Crippen LogP contribution in [0.3, 0.4) is 0 Å². The lowest BCUT2D eigenvalue weighted by Crippen LogP contribution is -2.28. The highest BCUT2D eigenvalue weighted by Gasteiger charge is 2.45. The van der Waals surface area contributed by atoms with Crippen molar-refractivity contribution in [2.45, 2.75) is 5.41 Å². The molecule has 10 aromatic rings. The molecule has 0 spiro atoms. The molecule has 0 radical (unpaired) electrons. The molecular formula is C53H35N. The third kappa shape index (κ3) is 4.52. The second kappa shape index (κ2) is 12.0. The van der Waals surface area contributed by atoms with Crippen LogP contribution in [0.1, 0.15) is 22.3 Å². The predicted molar refractivity (Wildman–Crippen MR) is 228 cm³/mol. The van der Waals surface area contributed by atoms with E-state index in [4.69, 9.17) is 0 Å². The van der Waals surface area contributed by atoms with E-state index in [0.717, 1.165) is 17.1 Å². The molecule has 0 heterocycles. The Morgan fingerprint density at radius 1 is 0.278 bits per heavy atom. The smallest absolute Gasteiger partial charge is 0.0713 e. The van der Waals surface area contributed by atoms with Crippen LogP contribution in [-0.2, 0) is 5.41 Å². The van der Waals surface area contributed by atoms with Gasteiger partial charge in [-0.15, -0.1) is 0 Å². The van der Waals surface area contributed by atoms with E-state index in [1.807, 2.05) is 0 Å². The zero-order chi connectivity index (χ0) is 35.6. The fourth-order valence-electron chi connectivity index (χ4n) is 9.30. The van der Waals surface area contributed by atoms with Gasteiger partial charge >= 0.3 is 0 Å². The molecule has 54 heavy (non-hydrogen) atoms. The highest BCUT2D eigenvalue weighted by atomic mass is 15.1. The maximum absolute atomic E-state index is 2.42. The fourth-order valence-corrected chi connectivity index (χ4v) is 9.30. The Kier molecular flexibility index (Phi) is 6.84. The third-order valence-electron chi connectivity index (χ3n) is 11.7. The number of rotatable bonds is 5. The van der Waals surface area contributed by atoms with E-state index in [2.05, 4.69) is 217 Å². The fraction of sp³-hybridized carbons (Fsp3) is 0.0189. The van der Waals surface area contributed by atoms with Crippen molar-refractivity contribution in [3.63, 3.8) is 0 Å². The second-order valence-corrected chi connectivity index (χ2v) is 14.5. The van der Waals surface area contributed by atoms with Gasteiger partial charge in [0.25, 0.3) is 0 Å². The Hall–Kier alpha value is -6.96. The summed E-state index contributed by atoms with van der Waals surface area (Å²) in [6, 6.07) is 78.4. The molecule has 0 amide bonds. The number of nitrogens with zero attached hydrogens (tertiary/aromatic N) is 1. The van der Waals surface area contributed by atoms with E-state index >= 15 is 0 Å². The molecule has 0 saturated heterocycles. The molecule has 0 bridgehead atoms. The molecule has 1 heteroatoms. The number of benzene rings is 10. The Bertz CT molecular complexity index is 2880. The molecule has 252 valence electrons. The molecule has 0 aliphatic heterocycles. The summed E-state index contributed by atoms with van der Waals surface area (Å²) >= 11 is 0. The summed E-state index contributed by atoms with van der Waals surface area (Å²) in [5.41, 5.74) is 10.7. The van der Waals surface area contributed by atoms with Gasteiger partial charge in [-0.1, -0.05) is 176 Å². The van der Waals surface area contributed by atoms with Crippen molar-refractivity contribution in [3.8, 4) is 11.1 Å². The minimum Gasteiger partial charge on any atom is -0.310 e. The van der Waals surface area contributed by atoms with Crippen LogP contribution in [0.5, 0.6) is 0 Å². The monoisotopic (exact) mass is 685 g/mol. The van der Waals surface area contributed by atoms with E-state index < -0.39 is 5.41 Å². The first-order valence-corrected chi connectivity index (χ1v) is 18.8. The SMILES string of the molecule is c1ccc(C2(c3ccc(N(c4ccc5c(ccc6ccccc65)c4)c4ccc5c(ccc6ccccc65)c4)cc3)c3ccccc3-c3ccccc32)cc1. The van der Waals surface area contributed by atoms with Gasteiger partial charge < -0.3 is 4.90 Å². The maximum atomic E-state index is 2.42. The van der Waals surface area contributed by atoms with Crippen LogP contribution in [0.25, 0.3) is 54.2 Å². The first kappa shape index (κ1) is 30.6. The quantitative estimate of drug-likeness (QED) is 0.163.